The maximum absolute atomic E-state index is 13.0. The third kappa shape index (κ3) is 6.14. The zero-order chi connectivity index (χ0) is 24.6. The van der Waals surface area contributed by atoms with Crippen LogP contribution in [0.2, 0.25) is 0 Å². The highest BCUT2D eigenvalue weighted by Gasteiger charge is 2.26. The lowest BCUT2D eigenvalue weighted by atomic mass is 10.1. The van der Waals surface area contributed by atoms with Crippen molar-refractivity contribution in [3.63, 3.8) is 0 Å². The summed E-state index contributed by atoms with van der Waals surface area (Å²) >= 11 is 0. The van der Waals surface area contributed by atoms with Crippen molar-refractivity contribution in [2.24, 2.45) is 0 Å². The number of carbonyl (C=O) groups is 2. The molecular weight excluding hydrogens is 452 g/mol. The first-order valence-electron chi connectivity index (χ1n) is 10.1. The molecule has 0 aliphatic carbocycles. The van der Waals surface area contributed by atoms with Gasteiger partial charge in [-0.25, -0.2) is 13.2 Å². The van der Waals surface area contributed by atoms with Crippen LogP contribution in [0.3, 0.4) is 0 Å². The van der Waals surface area contributed by atoms with Gasteiger partial charge in [-0.15, -0.1) is 0 Å². The van der Waals surface area contributed by atoms with E-state index in [0.29, 0.717) is 12.4 Å². The van der Waals surface area contributed by atoms with Gasteiger partial charge in [0.1, 0.15) is 5.75 Å². The van der Waals surface area contributed by atoms with Gasteiger partial charge < -0.3 is 24.3 Å². The second kappa shape index (κ2) is 11.5. The molecule has 180 valence electrons. The van der Waals surface area contributed by atoms with Crippen molar-refractivity contribution >= 4 is 27.6 Å². The fourth-order valence-electron chi connectivity index (χ4n) is 3.00. The molecule has 0 heterocycles. The van der Waals surface area contributed by atoms with E-state index in [-0.39, 0.29) is 34.2 Å². The Morgan fingerprint density at radius 1 is 0.970 bits per heavy atom. The zero-order valence-corrected chi connectivity index (χ0v) is 20.0. The number of nitrogens with one attached hydrogen (secondary N) is 1. The Kier molecular flexibility index (Phi) is 9.06. The lowest BCUT2D eigenvalue weighted by Crippen LogP contribution is -2.38. The third-order valence-electron chi connectivity index (χ3n) is 4.65. The number of rotatable bonds is 11. The number of methoxy groups -OCH3 is 3. The largest absolute Gasteiger partial charge is 0.494 e. The molecule has 0 fully saturated rings. The van der Waals surface area contributed by atoms with Gasteiger partial charge in [-0.1, -0.05) is 6.92 Å². The molecule has 0 atom stereocenters. The topological polar surface area (TPSA) is 120 Å². The molecule has 33 heavy (non-hydrogen) atoms. The van der Waals surface area contributed by atoms with Crippen LogP contribution in [0.15, 0.2) is 41.3 Å². The zero-order valence-electron chi connectivity index (χ0n) is 19.2. The van der Waals surface area contributed by atoms with Crippen molar-refractivity contribution in [1.82, 2.24) is 4.31 Å². The van der Waals surface area contributed by atoms with Gasteiger partial charge in [0.25, 0.3) is 0 Å². The van der Waals surface area contributed by atoms with E-state index in [9.17, 15) is 18.0 Å². The molecule has 0 radical (unpaired) electrons. The number of hydrogen-bond acceptors (Lipinski definition) is 8. The molecule has 0 aromatic heterocycles. The highest BCUT2D eigenvalue weighted by Crippen LogP contribution is 2.34. The Bertz CT molecular complexity index is 1080. The summed E-state index contributed by atoms with van der Waals surface area (Å²) in [5.41, 5.74) is 0.125. The summed E-state index contributed by atoms with van der Waals surface area (Å²) < 4.78 is 47.6. The average molecular weight is 481 g/mol. The lowest BCUT2D eigenvalue weighted by molar-refractivity contribution is -0.116. The number of hydrogen-bond donors (Lipinski definition) is 1. The molecule has 0 aliphatic heterocycles. The minimum absolute atomic E-state index is 0.0286. The van der Waals surface area contributed by atoms with Crippen molar-refractivity contribution in [2.45, 2.75) is 18.7 Å². The van der Waals surface area contributed by atoms with E-state index >= 15 is 0 Å². The smallest absolute Gasteiger partial charge is 0.340 e. The molecule has 2 rings (SSSR count). The Morgan fingerprint density at radius 3 is 2.09 bits per heavy atom. The quantitative estimate of drug-likeness (QED) is 0.487. The molecule has 0 spiro atoms. The minimum Gasteiger partial charge on any atom is -0.494 e. The van der Waals surface area contributed by atoms with Gasteiger partial charge in [0, 0.05) is 18.7 Å². The molecule has 0 unspecified atom stereocenters. The molecule has 2 aromatic carbocycles. The molecule has 0 bridgehead atoms. The number of ether oxygens (including phenoxy) is 4. The van der Waals surface area contributed by atoms with E-state index in [0.717, 1.165) is 4.31 Å². The third-order valence-corrected chi connectivity index (χ3v) is 6.58. The molecule has 1 amide bonds. The van der Waals surface area contributed by atoms with Crippen LogP contribution in [0.25, 0.3) is 0 Å². The monoisotopic (exact) mass is 480 g/mol. The van der Waals surface area contributed by atoms with Crippen LogP contribution in [0.4, 0.5) is 5.69 Å². The Hall–Kier alpha value is -3.31. The van der Waals surface area contributed by atoms with E-state index in [4.69, 9.17) is 18.9 Å². The van der Waals surface area contributed by atoms with Crippen LogP contribution >= 0.6 is 0 Å². The minimum atomic E-state index is -3.94. The Labute approximate surface area is 193 Å². The normalized spacial score (nSPS) is 11.1. The molecule has 0 saturated heterocycles. The number of nitrogens with zero attached hydrogens (tertiary/aromatic N) is 1. The van der Waals surface area contributed by atoms with Crippen molar-refractivity contribution in [2.75, 3.05) is 46.3 Å². The molecule has 0 saturated carbocycles. The van der Waals surface area contributed by atoms with E-state index in [1.807, 2.05) is 6.92 Å². The van der Waals surface area contributed by atoms with Gasteiger partial charge in [0.15, 0.2) is 11.5 Å². The van der Waals surface area contributed by atoms with E-state index in [2.05, 4.69) is 5.32 Å². The fourth-order valence-corrected chi connectivity index (χ4v) is 4.41. The number of esters is 1. The van der Waals surface area contributed by atoms with Crippen LogP contribution in [0.1, 0.15) is 24.2 Å². The van der Waals surface area contributed by atoms with Crippen LogP contribution in [-0.2, 0) is 19.6 Å². The van der Waals surface area contributed by atoms with Crippen molar-refractivity contribution in [3.05, 3.63) is 42.0 Å². The predicted octanol–water partition coefficient (Wildman–Crippen LogP) is 2.54. The number of anilines is 1. The maximum Gasteiger partial charge on any atom is 0.340 e. The summed E-state index contributed by atoms with van der Waals surface area (Å²) in [5.74, 6) is -0.274. The number of sulfonamides is 1. The van der Waals surface area contributed by atoms with Gasteiger partial charge in [-0.3, -0.25) is 4.79 Å². The van der Waals surface area contributed by atoms with Crippen LogP contribution < -0.4 is 19.5 Å². The molecular formula is C22H28N2O8S. The van der Waals surface area contributed by atoms with Gasteiger partial charge in [-0.05, 0) is 31.2 Å². The summed E-state index contributed by atoms with van der Waals surface area (Å²) in [6.07, 6.45) is 0. The van der Waals surface area contributed by atoms with E-state index in [1.54, 1.807) is 19.1 Å². The molecule has 2 aromatic rings. The van der Waals surface area contributed by atoms with Gasteiger partial charge in [0.05, 0.1) is 50.6 Å². The summed E-state index contributed by atoms with van der Waals surface area (Å²) in [6.45, 7) is 3.48. The lowest BCUT2D eigenvalue weighted by Gasteiger charge is -2.21. The number of carbonyl (C=O) groups excluding carboxylic acids is 2. The SMILES string of the molecule is CCOc1ccc(S(=O)(=O)N(CC)CC(=O)Nc2cc(OC)c(OC)cc2C(=O)OC)cc1. The van der Waals surface area contributed by atoms with Gasteiger partial charge in [0.2, 0.25) is 15.9 Å². The summed E-state index contributed by atoms with van der Waals surface area (Å²) in [4.78, 5) is 25.0. The highest BCUT2D eigenvalue weighted by atomic mass is 32.2. The Balaban J connectivity index is 2.28. The number of amides is 1. The van der Waals surface area contributed by atoms with Crippen LogP contribution in [0.5, 0.6) is 17.2 Å². The van der Waals surface area contributed by atoms with Crippen molar-refractivity contribution < 1.29 is 37.0 Å². The maximum atomic E-state index is 13.0. The van der Waals surface area contributed by atoms with E-state index < -0.39 is 28.4 Å². The van der Waals surface area contributed by atoms with E-state index in [1.165, 1.54) is 45.6 Å². The summed E-state index contributed by atoms with van der Waals surface area (Å²) in [6, 6.07) is 8.72. The van der Waals surface area contributed by atoms with Crippen LogP contribution in [-0.4, -0.2) is 65.6 Å². The number of likely N-dealkylation sites (N-methyl/N-ethyl adjacent to an activating group) is 1. The first-order valence-corrected chi connectivity index (χ1v) is 11.5. The molecule has 1 N–H and O–H groups in total. The van der Waals surface area contributed by atoms with Gasteiger partial charge >= 0.3 is 5.97 Å². The second-order valence-electron chi connectivity index (χ2n) is 6.63. The van der Waals surface area contributed by atoms with Gasteiger partial charge in [-0.2, -0.15) is 4.31 Å². The first kappa shape index (κ1) is 25.9. The summed E-state index contributed by atoms with van der Waals surface area (Å²) in [7, 11) is 0.0681. The Morgan fingerprint density at radius 2 is 1.58 bits per heavy atom. The fraction of sp³-hybridized carbons (Fsp3) is 0.364. The second-order valence-corrected chi connectivity index (χ2v) is 8.57. The van der Waals surface area contributed by atoms with Crippen molar-refractivity contribution in [3.8, 4) is 17.2 Å². The van der Waals surface area contributed by atoms with Crippen LogP contribution in [0, 0.1) is 0 Å². The number of benzene rings is 2. The standard InChI is InChI=1S/C22H28N2O8S/c1-6-24(33(27,28)16-10-8-15(9-11-16)32-7-2)14-21(25)23-18-13-20(30-4)19(29-3)12-17(18)22(26)31-5/h8-13H,6-7,14H2,1-5H3,(H,23,25). The molecule has 0 aliphatic rings. The highest BCUT2D eigenvalue weighted by molar-refractivity contribution is 7.89. The first-order chi connectivity index (χ1) is 15.7. The molecule has 11 heteroatoms. The average Bonchev–Trinajstić information content (AvgIpc) is 2.82. The van der Waals surface area contributed by atoms with Crippen molar-refractivity contribution in [1.29, 1.82) is 0 Å². The molecule has 10 nitrogen and oxygen atoms in total. The summed E-state index contributed by atoms with van der Waals surface area (Å²) in [5, 5.41) is 2.56. The predicted molar refractivity (Wildman–Crippen MR) is 122 cm³/mol.